The molecule has 0 radical (unpaired) electrons. The molecule has 1 saturated heterocycles. The van der Waals surface area contributed by atoms with Gasteiger partial charge in [0.05, 0.1) is 11.5 Å². The molecule has 1 aliphatic rings. The molecular weight excluding hydrogens is 376 g/mol. The summed E-state index contributed by atoms with van der Waals surface area (Å²) in [6.07, 6.45) is 2.04. The lowest BCUT2D eigenvalue weighted by Crippen LogP contribution is -2.37. The molecule has 2 aromatic rings. The van der Waals surface area contributed by atoms with Crippen LogP contribution in [0.3, 0.4) is 0 Å². The van der Waals surface area contributed by atoms with Crippen LogP contribution in [0.15, 0.2) is 36.5 Å². The molecule has 1 atom stereocenters. The minimum atomic E-state index is -3.02. The maximum Gasteiger partial charge on any atom is 0.274 e. The largest absolute Gasteiger partial charge is 0.337 e. The minimum absolute atomic E-state index is 0.0864. The van der Waals surface area contributed by atoms with Gasteiger partial charge in [0.1, 0.15) is 5.69 Å². The molecule has 9 heteroatoms. The molecule has 1 aliphatic heterocycles. The summed E-state index contributed by atoms with van der Waals surface area (Å²) in [5.74, 6) is 0.228. The summed E-state index contributed by atoms with van der Waals surface area (Å²) >= 11 is 5.92. The lowest BCUT2D eigenvalue weighted by atomic mass is 10.2. The smallest absolute Gasteiger partial charge is 0.274 e. The van der Waals surface area contributed by atoms with Crippen molar-refractivity contribution in [2.75, 3.05) is 28.3 Å². The van der Waals surface area contributed by atoms with Crippen LogP contribution in [0.25, 0.3) is 0 Å². The highest BCUT2D eigenvalue weighted by atomic mass is 35.5. The monoisotopic (exact) mass is 394 g/mol. The van der Waals surface area contributed by atoms with Crippen molar-refractivity contribution < 1.29 is 13.2 Å². The second kappa shape index (κ2) is 7.59. The topological polar surface area (TPSA) is 92.3 Å². The van der Waals surface area contributed by atoms with E-state index in [1.165, 1.54) is 12.3 Å². The molecule has 1 amide bonds. The number of hydrogen-bond acceptors (Lipinski definition) is 6. The van der Waals surface area contributed by atoms with Crippen molar-refractivity contribution in [1.29, 1.82) is 0 Å². The molecule has 0 saturated carbocycles. The molecule has 138 valence electrons. The second-order valence-corrected chi connectivity index (χ2v) is 8.71. The Hall–Kier alpha value is -2.19. The summed E-state index contributed by atoms with van der Waals surface area (Å²) < 4.78 is 23.5. The Labute approximate surface area is 157 Å². The van der Waals surface area contributed by atoms with E-state index in [1.54, 1.807) is 24.3 Å². The molecule has 0 spiro atoms. The quantitative estimate of drug-likeness (QED) is 0.837. The summed E-state index contributed by atoms with van der Waals surface area (Å²) in [5, 5.41) is 3.26. The van der Waals surface area contributed by atoms with Gasteiger partial charge in [0.15, 0.2) is 9.84 Å². The van der Waals surface area contributed by atoms with Crippen LogP contribution in [-0.2, 0) is 9.84 Å². The van der Waals surface area contributed by atoms with Gasteiger partial charge >= 0.3 is 0 Å². The molecule has 1 unspecified atom stereocenters. The van der Waals surface area contributed by atoms with E-state index in [2.05, 4.69) is 15.3 Å². The van der Waals surface area contributed by atoms with E-state index in [4.69, 9.17) is 11.6 Å². The number of nitrogens with zero attached hydrogens (tertiary/aromatic N) is 3. The first kappa shape index (κ1) is 18.6. The molecule has 1 N–H and O–H groups in total. The normalized spacial score (nSPS) is 18.5. The van der Waals surface area contributed by atoms with E-state index >= 15 is 0 Å². The number of sulfone groups is 1. The Morgan fingerprint density at radius 2 is 2.19 bits per heavy atom. The summed E-state index contributed by atoms with van der Waals surface area (Å²) in [7, 11) is -3.02. The van der Waals surface area contributed by atoms with Crippen molar-refractivity contribution in [2.24, 2.45) is 0 Å². The number of carbonyl (C=O) groups is 1. The van der Waals surface area contributed by atoms with Gasteiger partial charge in [-0.1, -0.05) is 17.7 Å². The highest BCUT2D eigenvalue weighted by Crippen LogP contribution is 2.22. The third kappa shape index (κ3) is 4.31. The van der Waals surface area contributed by atoms with Gasteiger partial charge in [-0.25, -0.2) is 18.4 Å². The second-order valence-electron chi connectivity index (χ2n) is 6.05. The first-order chi connectivity index (χ1) is 12.4. The van der Waals surface area contributed by atoms with Gasteiger partial charge in [-0.2, -0.15) is 0 Å². The first-order valence-corrected chi connectivity index (χ1v) is 10.4. The Bertz CT molecular complexity index is 920. The third-order valence-electron chi connectivity index (χ3n) is 4.20. The molecule has 0 bridgehead atoms. The molecule has 2 heterocycles. The number of benzene rings is 1. The number of anilines is 2. The summed E-state index contributed by atoms with van der Waals surface area (Å²) in [6.45, 7) is 2.46. The van der Waals surface area contributed by atoms with Gasteiger partial charge in [-0.15, -0.1) is 0 Å². The van der Waals surface area contributed by atoms with Gasteiger partial charge in [0, 0.05) is 29.5 Å². The van der Waals surface area contributed by atoms with Crippen molar-refractivity contribution in [3.8, 4) is 0 Å². The predicted octanol–water partition coefficient (Wildman–Crippen LogP) is 2.40. The van der Waals surface area contributed by atoms with E-state index in [-0.39, 0.29) is 29.1 Å². The van der Waals surface area contributed by atoms with Crippen molar-refractivity contribution in [1.82, 2.24) is 9.97 Å². The number of hydrogen-bond donors (Lipinski definition) is 1. The lowest BCUT2D eigenvalue weighted by molar-refractivity contribution is 0.102. The third-order valence-corrected chi connectivity index (χ3v) is 6.19. The van der Waals surface area contributed by atoms with Crippen LogP contribution in [0.5, 0.6) is 0 Å². The molecule has 26 heavy (non-hydrogen) atoms. The Morgan fingerprint density at radius 3 is 2.85 bits per heavy atom. The predicted molar refractivity (Wildman–Crippen MR) is 102 cm³/mol. The number of carbonyl (C=O) groups excluding carboxylic acids is 1. The highest BCUT2D eigenvalue weighted by Gasteiger charge is 2.33. The van der Waals surface area contributed by atoms with Crippen LogP contribution >= 0.6 is 11.6 Å². The van der Waals surface area contributed by atoms with E-state index in [0.29, 0.717) is 29.6 Å². The van der Waals surface area contributed by atoms with Crippen LogP contribution in [0, 0.1) is 0 Å². The number of aromatic nitrogens is 2. The van der Waals surface area contributed by atoms with Gasteiger partial charge < -0.3 is 10.2 Å². The molecule has 7 nitrogen and oxygen atoms in total. The molecule has 0 aliphatic carbocycles. The highest BCUT2D eigenvalue weighted by molar-refractivity contribution is 7.91. The fourth-order valence-corrected chi connectivity index (χ4v) is 4.88. The van der Waals surface area contributed by atoms with Crippen LogP contribution < -0.4 is 10.2 Å². The zero-order valence-corrected chi connectivity index (χ0v) is 15.8. The van der Waals surface area contributed by atoms with Crippen molar-refractivity contribution in [3.05, 3.63) is 47.2 Å². The molecular formula is C17H19ClN4O3S. The van der Waals surface area contributed by atoms with E-state index in [1.807, 2.05) is 11.8 Å². The van der Waals surface area contributed by atoms with Crippen LogP contribution in [-0.4, -0.2) is 48.4 Å². The average molecular weight is 395 g/mol. The van der Waals surface area contributed by atoms with Crippen molar-refractivity contribution in [2.45, 2.75) is 19.4 Å². The Balaban J connectivity index is 1.79. The maximum atomic E-state index is 12.5. The van der Waals surface area contributed by atoms with Crippen LogP contribution in [0.2, 0.25) is 5.02 Å². The van der Waals surface area contributed by atoms with Gasteiger partial charge in [0.25, 0.3) is 5.91 Å². The number of nitrogens with one attached hydrogen (secondary N) is 1. The Morgan fingerprint density at radius 1 is 1.38 bits per heavy atom. The van der Waals surface area contributed by atoms with Gasteiger partial charge in [-0.05, 0) is 37.6 Å². The lowest BCUT2D eigenvalue weighted by Gasteiger charge is -2.26. The zero-order valence-electron chi connectivity index (χ0n) is 14.2. The van der Waals surface area contributed by atoms with Crippen molar-refractivity contribution >= 4 is 39.0 Å². The number of halogens is 1. The van der Waals surface area contributed by atoms with Gasteiger partial charge in [-0.3, -0.25) is 4.79 Å². The van der Waals surface area contributed by atoms with Crippen LogP contribution in [0.1, 0.15) is 23.8 Å². The summed E-state index contributed by atoms with van der Waals surface area (Å²) in [4.78, 5) is 22.8. The molecule has 1 aromatic heterocycles. The minimum Gasteiger partial charge on any atom is -0.337 e. The maximum absolute atomic E-state index is 12.5. The van der Waals surface area contributed by atoms with Crippen molar-refractivity contribution in [3.63, 3.8) is 0 Å². The standard InChI is InChI=1S/C17H19ClN4O3S/c1-2-22(14-7-9-26(24,25)11-14)17-19-8-6-15(21-17)16(23)20-13-5-3-4-12(18)10-13/h3-6,8,10,14H,2,7,9,11H2,1H3,(H,20,23). The fourth-order valence-electron chi connectivity index (χ4n) is 2.96. The Kier molecular flexibility index (Phi) is 5.43. The first-order valence-electron chi connectivity index (χ1n) is 8.25. The molecule has 1 aromatic carbocycles. The molecule has 1 fully saturated rings. The molecule has 3 rings (SSSR count). The fraction of sp³-hybridized carbons (Fsp3) is 0.353. The van der Waals surface area contributed by atoms with Gasteiger partial charge in [0.2, 0.25) is 5.95 Å². The van der Waals surface area contributed by atoms with Crippen LogP contribution in [0.4, 0.5) is 11.6 Å². The summed E-state index contributed by atoms with van der Waals surface area (Å²) in [6, 6.07) is 8.17. The van der Waals surface area contributed by atoms with E-state index in [9.17, 15) is 13.2 Å². The number of amides is 1. The average Bonchev–Trinajstić information content (AvgIpc) is 2.95. The van der Waals surface area contributed by atoms with E-state index < -0.39 is 9.84 Å². The van der Waals surface area contributed by atoms with E-state index in [0.717, 1.165) is 0 Å². The zero-order chi connectivity index (χ0) is 18.7. The SMILES string of the molecule is CCN(c1nccc(C(=O)Nc2cccc(Cl)c2)n1)C1CCS(=O)(=O)C1. The summed E-state index contributed by atoms with van der Waals surface area (Å²) in [5.41, 5.74) is 0.770. The number of rotatable bonds is 5.